The average Bonchev–Trinajstić information content (AvgIpc) is 3.32. The molecule has 0 heterocycles. The van der Waals surface area contributed by atoms with E-state index in [1.165, 1.54) is 16.2 Å². The quantitative estimate of drug-likeness (QED) is 0.0747. The van der Waals surface area contributed by atoms with E-state index in [-0.39, 0.29) is 25.0 Å². The van der Waals surface area contributed by atoms with Crippen molar-refractivity contribution in [2.75, 3.05) is 0 Å². The van der Waals surface area contributed by atoms with Crippen molar-refractivity contribution < 1.29 is 161 Å². The van der Waals surface area contributed by atoms with Crippen LogP contribution < -0.4 is 18.9 Å². The molecule has 0 fully saturated rings. The molecule has 0 spiro atoms. The van der Waals surface area contributed by atoms with Crippen LogP contribution in [0, 0.1) is 175 Å². The van der Waals surface area contributed by atoms with Crippen molar-refractivity contribution in [3.05, 3.63) is 175 Å². The van der Waals surface area contributed by atoms with Gasteiger partial charge in [-0.3, -0.25) is 4.70 Å². The molecule has 0 saturated carbocycles. The Hall–Kier alpha value is -5.92. The molecule has 0 atom stereocenters. The first-order valence-corrected chi connectivity index (χ1v) is 16.1. The zero-order valence-electron chi connectivity index (χ0n) is 32.7. The molecule has 0 N–H and O–H groups in total. The third-order valence-corrected chi connectivity index (χ3v) is 8.01. The van der Waals surface area contributed by atoms with E-state index >= 15 is 0 Å². The molecule has 6 aromatic rings. The Bertz CT molecular complexity index is 2380. The van der Waals surface area contributed by atoms with Gasteiger partial charge in [0, 0.05) is 0 Å². The summed E-state index contributed by atoms with van der Waals surface area (Å²) in [5.74, 6) is -79.9. The third kappa shape index (κ3) is 10.3. The SMILES string of the molecule is F.Fc1c(F)c(F)c(-c2c(F)c(F)c(F)c(F)c2F)c(F)c1F.Fc1c(F)c(F)c(-c2c(F)c(F)c(F)c(F)c2F)c(F)c1F.Fc1c(F)c(F)c(-c2c(F)c(F)c(F)c(F)c2F)c(F)c1F.[H-].[Li+].[O]=[Al]. The molecule has 0 aromatic heterocycles. The second-order valence-corrected chi connectivity index (χ2v) is 11.7. The van der Waals surface area contributed by atoms with Gasteiger partial charge >= 0.3 is 38.9 Å². The van der Waals surface area contributed by atoms with Gasteiger partial charge in [0.25, 0.3) is 0 Å². The molecule has 0 bridgehead atoms. The van der Waals surface area contributed by atoms with Gasteiger partial charge in [-0.25, -0.2) is 132 Å². The Kier molecular flexibility index (Phi) is 20.7. The van der Waals surface area contributed by atoms with E-state index in [1.54, 1.807) is 0 Å². The number of halogens is 31. The standard InChI is InChI=1S/3C12F10.Al.FH.Li.O.H/c3*13-3-1(4(14)8(18)11(21)7(3)17)2-5(15)9(19)12(22)10(20)6(2)16;;;;;/h;;;;1H;;;/q;;;;;+1;;-1. The van der Waals surface area contributed by atoms with Crippen molar-refractivity contribution in [1.82, 2.24) is 0 Å². The molecule has 373 valence electrons. The van der Waals surface area contributed by atoms with Gasteiger partial charge in [-0.05, 0) is 0 Å². The minimum atomic E-state index is -2.68. The molecule has 0 aliphatic rings. The number of rotatable bonds is 3. The molecular formula is C36H2AlF31LiO. The van der Waals surface area contributed by atoms with Crippen LogP contribution in [0.5, 0.6) is 0 Å². The fourth-order valence-corrected chi connectivity index (χ4v) is 4.95. The van der Waals surface area contributed by atoms with Gasteiger partial charge in [0.15, 0.2) is 140 Å². The first-order valence-electron chi connectivity index (χ1n) is 15.7. The topological polar surface area (TPSA) is 17.1 Å². The number of hydrogen-bond acceptors (Lipinski definition) is 1. The van der Waals surface area contributed by atoms with Crippen LogP contribution in [0.25, 0.3) is 33.4 Å². The normalized spacial score (nSPS) is 10.6. The summed E-state index contributed by atoms with van der Waals surface area (Å²) in [6, 6.07) is 0. The molecular weight excluding hydrogens is 1070 g/mol. The fraction of sp³-hybridized carbons (Fsp3) is 0. The predicted octanol–water partition coefficient (Wildman–Crippen LogP) is 11.0. The first-order chi connectivity index (χ1) is 31.3. The van der Waals surface area contributed by atoms with Crippen molar-refractivity contribution in [2.45, 2.75) is 0 Å². The maximum absolute atomic E-state index is 13.4. The van der Waals surface area contributed by atoms with Crippen molar-refractivity contribution in [1.29, 1.82) is 0 Å². The molecule has 0 amide bonds. The van der Waals surface area contributed by atoms with Crippen LogP contribution in [-0.4, -0.2) is 16.2 Å². The number of hydrogen-bond donors (Lipinski definition) is 0. The van der Waals surface area contributed by atoms with E-state index in [2.05, 4.69) is 0 Å². The Morgan fingerprint density at radius 1 is 0.157 bits per heavy atom. The Morgan fingerprint density at radius 3 is 0.257 bits per heavy atom. The second-order valence-electron chi connectivity index (χ2n) is 11.7. The monoisotopic (exact) mass is 1070 g/mol. The van der Waals surface area contributed by atoms with Gasteiger partial charge in [0.1, 0.15) is 0 Å². The van der Waals surface area contributed by atoms with Crippen molar-refractivity contribution >= 4 is 16.2 Å². The molecule has 1 nitrogen and oxygen atoms in total. The van der Waals surface area contributed by atoms with Gasteiger partial charge in [0.2, 0.25) is 34.9 Å². The Balaban J connectivity index is 0.000000996. The third-order valence-electron chi connectivity index (χ3n) is 8.01. The van der Waals surface area contributed by atoms with Gasteiger partial charge < -0.3 is 1.43 Å². The van der Waals surface area contributed by atoms with Gasteiger partial charge in [-0.15, -0.1) is 0 Å². The summed E-state index contributed by atoms with van der Waals surface area (Å²) < 4.78 is 402. The van der Waals surface area contributed by atoms with Crippen LogP contribution in [0.3, 0.4) is 0 Å². The van der Waals surface area contributed by atoms with Crippen molar-refractivity contribution in [3.8, 4) is 33.4 Å². The Morgan fingerprint density at radius 2 is 0.200 bits per heavy atom. The molecule has 6 aromatic carbocycles. The van der Waals surface area contributed by atoms with Crippen LogP contribution in [-0.2, 0) is 3.80 Å². The van der Waals surface area contributed by atoms with Gasteiger partial charge in [0.05, 0.1) is 33.4 Å². The predicted molar refractivity (Wildman–Crippen MR) is 164 cm³/mol. The summed E-state index contributed by atoms with van der Waals surface area (Å²) in [6.07, 6.45) is 0. The number of benzene rings is 6. The van der Waals surface area contributed by atoms with Crippen LogP contribution in [0.2, 0.25) is 0 Å². The minimum absolute atomic E-state index is 0. The van der Waals surface area contributed by atoms with E-state index in [0.717, 1.165) is 0 Å². The van der Waals surface area contributed by atoms with Gasteiger partial charge in [-0.1, -0.05) is 0 Å². The molecule has 0 aliphatic heterocycles. The first kappa shape index (κ1) is 62.1. The van der Waals surface area contributed by atoms with Crippen LogP contribution in [0.15, 0.2) is 0 Å². The van der Waals surface area contributed by atoms with E-state index in [4.69, 9.17) is 3.80 Å². The van der Waals surface area contributed by atoms with E-state index < -0.39 is 208 Å². The second kappa shape index (κ2) is 23.3. The van der Waals surface area contributed by atoms with Crippen molar-refractivity contribution in [3.63, 3.8) is 0 Å². The van der Waals surface area contributed by atoms with Crippen molar-refractivity contribution in [2.24, 2.45) is 0 Å². The van der Waals surface area contributed by atoms with E-state index in [0.29, 0.717) is 0 Å². The van der Waals surface area contributed by atoms with Crippen LogP contribution in [0.1, 0.15) is 1.43 Å². The van der Waals surface area contributed by atoms with E-state index in [9.17, 15) is 132 Å². The Labute approximate surface area is 384 Å². The zero-order chi connectivity index (χ0) is 52.8. The van der Waals surface area contributed by atoms with E-state index in [1.807, 2.05) is 0 Å². The van der Waals surface area contributed by atoms with Gasteiger partial charge in [-0.2, -0.15) is 0 Å². The fourth-order valence-electron chi connectivity index (χ4n) is 4.95. The summed E-state index contributed by atoms with van der Waals surface area (Å²) in [6.45, 7) is 0. The zero-order valence-corrected chi connectivity index (χ0v) is 32.9. The summed E-state index contributed by atoms with van der Waals surface area (Å²) in [5, 5.41) is 0. The summed E-state index contributed by atoms with van der Waals surface area (Å²) in [7, 11) is 0. The summed E-state index contributed by atoms with van der Waals surface area (Å²) in [5.41, 5.74) is -13.6. The molecule has 6 rings (SSSR count). The summed E-state index contributed by atoms with van der Waals surface area (Å²) in [4.78, 5) is 0. The molecule has 70 heavy (non-hydrogen) atoms. The molecule has 0 saturated heterocycles. The molecule has 34 heteroatoms. The maximum atomic E-state index is 13.4. The molecule has 1 radical (unpaired) electrons. The molecule has 0 unspecified atom stereocenters. The van der Waals surface area contributed by atoms with Crippen LogP contribution >= 0.6 is 0 Å². The molecule has 0 aliphatic carbocycles. The average molecular weight is 1070 g/mol. The van der Waals surface area contributed by atoms with Crippen LogP contribution in [0.4, 0.5) is 136 Å². The summed E-state index contributed by atoms with van der Waals surface area (Å²) >= 11 is 1.17.